The van der Waals surface area contributed by atoms with Crippen LogP contribution in [0.3, 0.4) is 0 Å². The topological polar surface area (TPSA) is 42.4 Å². The third kappa shape index (κ3) is 2.79. The van der Waals surface area contributed by atoms with Crippen molar-refractivity contribution in [3.05, 3.63) is 23.7 Å². The minimum atomic E-state index is 0.187. The van der Waals surface area contributed by atoms with Crippen molar-refractivity contribution in [3.63, 3.8) is 0 Å². The molecule has 0 amide bonds. The molecule has 0 saturated heterocycles. The summed E-state index contributed by atoms with van der Waals surface area (Å²) in [5, 5.41) is 0. The number of likely N-dealkylation sites (N-methyl/N-ethyl adjacent to an activating group) is 1. The molecule has 2 atom stereocenters. The molecule has 2 fully saturated rings. The maximum atomic E-state index is 6.21. The third-order valence-corrected chi connectivity index (χ3v) is 5.53. The molecule has 1 aromatic heterocycles. The Labute approximate surface area is 122 Å². The molecule has 0 spiro atoms. The molecule has 2 saturated carbocycles. The molecule has 0 aliphatic heterocycles. The van der Waals surface area contributed by atoms with E-state index in [1.165, 1.54) is 38.5 Å². The predicted molar refractivity (Wildman–Crippen MR) is 81.4 cm³/mol. The standard InChI is InChI=1S/C17H28N2O/c1-13-5-8-16(20-13)11-19(2)17(12-18)9-3-4-15(10-17)14-6-7-14/h5,8,14-15H,3-4,6-7,9-12,18H2,1-2H3. The van der Waals surface area contributed by atoms with E-state index in [0.29, 0.717) is 0 Å². The van der Waals surface area contributed by atoms with Crippen molar-refractivity contribution in [3.8, 4) is 0 Å². The number of nitrogens with zero attached hydrogens (tertiary/aromatic N) is 1. The predicted octanol–water partition coefficient (Wildman–Crippen LogP) is 3.32. The quantitative estimate of drug-likeness (QED) is 0.897. The zero-order valence-corrected chi connectivity index (χ0v) is 12.9. The van der Waals surface area contributed by atoms with Gasteiger partial charge in [-0.15, -0.1) is 0 Å². The van der Waals surface area contributed by atoms with Crippen molar-refractivity contribution in [1.82, 2.24) is 4.90 Å². The summed E-state index contributed by atoms with van der Waals surface area (Å²) in [5.41, 5.74) is 6.40. The van der Waals surface area contributed by atoms with Gasteiger partial charge in [-0.2, -0.15) is 0 Å². The second-order valence-corrected chi connectivity index (χ2v) is 6.99. The number of furan rings is 1. The fourth-order valence-corrected chi connectivity index (χ4v) is 4.01. The zero-order chi connectivity index (χ0) is 14.2. The van der Waals surface area contributed by atoms with E-state index in [1.54, 1.807) is 0 Å². The molecule has 1 aromatic rings. The monoisotopic (exact) mass is 276 g/mol. The summed E-state index contributed by atoms with van der Waals surface area (Å²) in [6, 6.07) is 4.14. The molecule has 1 heterocycles. The number of nitrogens with two attached hydrogens (primary N) is 1. The van der Waals surface area contributed by atoms with Crippen molar-refractivity contribution in [2.45, 2.75) is 57.5 Å². The van der Waals surface area contributed by atoms with Gasteiger partial charge in [0.15, 0.2) is 0 Å². The fraction of sp³-hybridized carbons (Fsp3) is 0.765. The summed E-state index contributed by atoms with van der Waals surface area (Å²) in [6.07, 6.45) is 8.17. The van der Waals surface area contributed by atoms with Gasteiger partial charge in [0, 0.05) is 12.1 Å². The highest BCUT2D eigenvalue weighted by atomic mass is 16.3. The Bertz CT molecular complexity index is 452. The van der Waals surface area contributed by atoms with E-state index in [2.05, 4.69) is 18.0 Å². The number of hydrogen-bond donors (Lipinski definition) is 1. The van der Waals surface area contributed by atoms with Crippen molar-refractivity contribution in [2.24, 2.45) is 17.6 Å². The van der Waals surface area contributed by atoms with Gasteiger partial charge in [-0.3, -0.25) is 4.90 Å². The Morgan fingerprint density at radius 2 is 2.10 bits per heavy atom. The molecule has 20 heavy (non-hydrogen) atoms. The molecule has 0 radical (unpaired) electrons. The number of rotatable bonds is 5. The minimum absolute atomic E-state index is 0.187. The normalized spacial score (nSPS) is 30.9. The molecular formula is C17H28N2O. The lowest BCUT2D eigenvalue weighted by Gasteiger charge is -2.46. The van der Waals surface area contributed by atoms with Crippen LogP contribution in [0.4, 0.5) is 0 Å². The van der Waals surface area contributed by atoms with Crippen LogP contribution in [0.15, 0.2) is 16.5 Å². The Morgan fingerprint density at radius 1 is 1.30 bits per heavy atom. The molecule has 0 aromatic carbocycles. The lowest BCUT2D eigenvalue weighted by molar-refractivity contribution is 0.0411. The molecule has 0 bridgehead atoms. The maximum Gasteiger partial charge on any atom is 0.118 e. The molecule has 3 heteroatoms. The van der Waals surface area contributed by atoms with E-state index >= 15 is 0 Å². The van der Waals surface area contributed by atoms with Gasteiger partial charge in [-0.05, 0) is 63.6 Å². The third-order valence-electron chi connectivity index (χ3n) is 5.53. The Kier molecular flexibility index (Phi) is 3.91. The van der Waals surface area contributed by atoms with Crippen LogP contribution in [0.25, 0.3) is 0 Å². The van der Waals surface area contributed by atoms with Crippen molar-refractivity contribution in [2.75, 3.05) is 13.6 Å². The van der Waals surface area contributed by atoms with Crippen molar-refractivity contribution >= 4 is 0 Å². The molecule has 3 nitrogen and oxygen atoms in total. The maximum absolute atomic E-state index is 6.21. The Hall–Kier alpha value is -0.800. The Morgan fingerprint density at radius 3 is 2.70 bits per heavy atom. The van der Waals surface area contributed by atoms with Crippen LogP contribution in [0, 0.1) is 18.8 Å². The molecule has 2 aliphatic rings. The highest BCUT2D eigenvalue weighted by molar-refractivity contribution is 5.07. The molecule has 2 N–H and O–H groups in total. The first-order valence-corrected chi connectivity index (χ1v) is 8.09. The summed E-state index contributed by atoms with van der Waals surface area (Å²) < 4.78 is 5.74. The summed E-state index contributed by atoms with van der Waals surface area (Å²) in [6.45, 7) is 3.65. The average Bonchev–Trinajstić information content (AvgIpc) is 3.23. The van der Waals surface area contributed by atoms with Gasteiger partial charge in [-0.1, -0.05) is 12.8 Å². The van der Waals surface area contributed by atoms with E-state index in [0.717, 1.165) is 36.4 Å². The van der Waals surface area contributed by atoms with Crippen LogP contribution in [-0.4, -0.2) is 24.0 Å². The first-order chi connectivity index (χ1) is 9.63. The lowest BCUT2D eigenvalue weighted by atomic mass is 9.73. The lowest BCUT2D eigenvalue weighted by Crippen LogP contribution is -2.54. The van der Waals surface area contributed by atoms with Crippen molar-refractivity contribution < 1.29 is 4.42 Å². The summed E-state index contributed by atoms with van der Waals surface area (Å²) >= 11 is 0. The fourth-order valence-electron chi connectivity index (χ4n) is 4.01. The van der Waals surface area contributed by atoms with Crippen LogP contribution < -0.4 is 5.73 Å². The number of aryl methyl sites for hydroxylation is 1. The SMILES string of the molecule is Cc1ccc(CN(C)C2(CN)CCCC(C3CC3)C2)o1. The number of hydrogen-bond acceptors (Lipinski definition) is 3. The van der Waals surface area contributed by atoms with E-state index in [4.69, 9.17) is 10.2 Å². The van der Waals surface area contributed by atoms with E-state index in [1.807, 2.05) is 13.0 Å². The molecular weight excluding hydrogens is 248 g/mol. The van der Waals surface area contributed by atoms with E-state index in [-0.39, 0.29) is 5.54 Å². The second kappa shape index (κ2) is 5.53. The zero-order valence-electron chi connectivity index (χ0n) is 12.9. The van der Waals surface area contributed by atoms with E-state index in [9.17, 15) is 0 Å². The Balaban J connectivity index is 1.69. The first kappa shape index (κ1) is 14.2. The second-order valence-electron chi connectivity index (χ2n) is 6.99. The summed E-state index contributed by atoms with van der Waals surface area (Å²) in [7, 11) is 2.22. The van der Waals surface area contributed by atoms with Gasteiger partial charge in [0.05, 0.1) is 6.54 Å². The highest BCUT2D eigenvalue weighted by Crippen LogP contribution is 2.47. The first-order valence-electron chi connectivity index (χ1n) is 8.09. The minimum Gasteiger partial charge on any atom is -0.465 e. The van der Waals surface area contributed by atoms with Crippen LogP contribution in [0.2, 0.25) is 0 Å². The summed E-state index contributed by atoms with van der Waals surface area (Å²) in [4.78, 5) is 2.46. The van der Waals surface area contributed by atoms with Crippen LogP contribution >= 0.6 is 0 Å². The van der Waals surface area contributed by atoms with Crippen molar-refractivity contribution in [1.29, 1.82) is 0 Å². The van der Waals surface area contributed by atoms with Gasteiger partial charge in [0.25, 0.3) is 0 Å². The van der Waals surface area contributed by atoms with Crippen LogP contribution in [0.5, 0.6) is 0 Å². The molecule has 112 valence electrons. The van der Waals surface area contributed by atoms with Gasteiger partial charge in [-0.25, -0.2) is 0 Å². The van der Waals surface area contributed by atoms with Gasteiger partial charge in [0.1, 0.15) is 11.5 Å². The summed E-state index contributed by atoms with van der Waals surface area (Å²) in [5.74, 6) is 3.97. The van der Waals surface area contributed by atoms with Gasteiger partial charge >= 0.3 is 0 Å². The van der Waals surface area contributed by atoms with Crippen LogP contribution in [0.1, 0.15) is 50.0 Å². The van der Waals surface area contributed by atoms with Gasteiger partial charge < -0.3 is 10.2 Å². The molecule has 3 rings (SSSR count). The van der Waals surface area contributed by atoms with E-state index < -0.39 is 0 Å². The van der Waals surface area contributed by atoms with Crippen LogP contribution in [-0.2, 0) is 6.54 Å². The molecule has 2 unspecified atom stereocenters. The largest absolute Gasteiger partial charge is 0.465 e. The highest BCUT2D eigenvalue weighted by Gasteiger charge is 2.43. The smallest absolute Gasteiger partial charge is 0.118 e. The molecule has 2 aliphatic carbocycles. The van der Waals surface area contributed by atoms with Gasteiger partial charge in [0.2, 0.25) is 0 Å². The average molecular weight is 276 g/mol.